The van der Waals surface area contributed by atoms with Crippen LogP contribution in [0.2, 0.25) is 0 Å². The number of fused-ring (bicyclic) bond motifs is 5. The lowest BCUT2D eigenvalue weighted by atomic mass is 9.96. The molecule has 4 heteroatoms. The molecule has 0 aliphatic heterocycles. The van der Waals surface area contributed by atoms with Crippen molar-refractivity contribution in [3.05, 3.63) is 132 Å². The van der Waals surface area contributed by atoms with Crippen molar-refractivity contribution in [1.82, 2.24) is 15.0 Å². The molecule has 0 amide bonds. The van der Waals surface area contributed by atoms with Crippen molar-refractivity contribution in [3.63, 3.8) is 0 Å². The van der Waals surface area contributed by atoms with Crippen LogP contribution in [-0.4, -0.2) is 15.0 Å². The van der Waals surface area contributed by atoms with Gasteiger partial charge in [-0.3, -0.25) is 0 Å². The first kappa shape index (κ1) is 27.0. The Hall–Kier alpha value is -5.61. The number of rotatable bonds is 5. The number of nitrogens with zero attached hydrogens (tertiary/aromatic N) is 3. The number of allylic oxidation sites excluding steroid dienone is 1. The quantitative estimate of drug-likeness (QED) is 0.203. The molecule has 6 aromatic carbocycles. The smallest absolute Gasteiger partial charge is 0.164 e. The van der Waals surface area contributed by atoms with Crippen LogP contribution in [0, 0.1) is 12.8 Å². The van der Waals surface area contributed by atoms with Gasteiger partial charge < -0.3 is 4.42 Å². The average Bonchev–Trinajstić information content (AvgIpc) is 3.46. The van der Waals surface area contributed by atoms with Crippen LogP contribution in [0.5, 0.6) is 0 Å². The summed E-state index contributed by atoms with van der Waals surface area (Å²) >= 11 is 0. The standard InChI is InChI=1S/C41H31N3O/c1-25(2)15-22-32-26(3)16-17-28-19-21-31(24-35(28)32)40-42-39(30-20-18-27-9-4-5-10-29(27)23-30)43-41(44-40)34-12-8-14-37-38(34)33-11-6-7-13-36(33)45-37/h4-25H,1-3H3/b22-15-. The summed E-state index contributed by atoms with van der Waals surface area (Å²) < 4.78 is 6.23. The Kier molecular flexibility index (Phi) is 6.49. The van der Waals surface area contributed by atoms with Crippen LogP contribution in [0.1, 0.15) is 25.0 Å². The minimum Gasteiger partial charge on any atom is -0.456 e. The molecule has 2 heterocycles. The van der Waals surface area contributed by atoms with Crippen LogP contribution in [-0.2, 0) is 0 Å². The second-order valence-electron chi connectivity index (χ2n) is 12.0. The summed E-state index contributed by atoms with van der Waals surface area (Å²) in [7, 11) is 0. The van der Waals surface area contributed by atoms with Gasteiger partial charge in [0.2, 0.25) is 0 Å². The van der Waals surface area contributed by atoms with Gasteiger partial charge in [0, 0.05) is 27.5 Å². The fourth-order valence-corrected chi connectivity index (χ4v) is 6.14. The van der Waals surface area contributed by atoms with Gasteiger partial charge in [0.25, 0.3) is 0 Å². The van der Waals surface area contributed by atoms with Crippen molar-refractivity contribution in [3.8, 4) is 34.2 Å². The molecule has 45 heavy (non-hydrogen) atoms. The van der Waals surface area contributed by atoms with Crippen LogP contribution >= 0.6 is 0 Å². The summed E-state index contributed by atoms with van der Waals surface area (Å²) in [6.07, 6.45) is 4.50. The Balaban J connectivity index is 1.39. The molecule has 8 rings (SSSR count). The predicted octanol–water partition coefficient (Wildman–Crippen LogP) is 11.1. The SMILES string of the molecule is Cc1ccc2ccc(-c3nc(-c4ccc5ccccc5c4)nc(-c4cccc5oc6ccccc6c45)n3)cc2c1/C=C\C(C)C. The van der Waals surface area contributed by atoms with Gasteiger partial charge in [-0.1, -0.05) is 117 Å². The Labute approximate surface area is 261 Å². The molecule has 0 radical (unpaired) electrons. The number of hydrogen-bond donors (Lipinski definition) is 0. The Morgan fingerprint density at radius 3 is 2.07 bits per heavy atom. The summed E-state index contributed by atoms with van der Waals surface area (Å²) in [5.41, 5.74) is 6.93. The Morgan fingerprint density at radius 2 is 1.24 bits per heavy atom. The van der Waals surface area contributed by atoms with Crippen molar-refractivity contribution in [1.29, 1.82) is 0 Å². The molecular formula is C41H31N3O. The highest BCUT2D eigenvalue weighted by Crippen LogP contribution is 2.37. The first-order chi connectivity index (χ1) is 22.0. The van der Waals surface area contributed by atoms with Gasteiger partial charge in [-0.05, 0) is 69.8 Å². The number of aryl methyl sites for hydroxylation is 1. The van der Waals surface area contributed by atoms with E-state index in [-0.39, 0.29) is 0 Å². The summed E-state index contributed by atoms with van der Waals surface area (Å²) in [5, 5.41) is 6.74. The van der Waals surface area contributed by atoms with Crippen LogP contribution in [0.3, 0.4) is 0 Å². The van der Waals surface area contributed by atoms with E-state index in [1.54, 1.807) is 0 Å². The molecule has 216 valence electrons. The van der Waals surface area contributed by atoms with Gasteiger partial charge in [0.15, 0.2) is 17.5 Å². The molecule has 0 aliphatic carbocycles. The van der Waals surface area contributed by atoms with Gasteiger partial charge in [-0.2, -0.15) is 0 Å². The normalized spacial score (nSPS) is 12.0. The van der Waals surface area contributed by atoms with Gasteiger partial charge in [0.05, 0.1) is 0 Å². The number of hydrogen-bond acceptors (Lipinski definition) is 4. The number of aromatic nitrogens is 3. The summed E-state index contributed by atoms with van der Waals surface area (Å²) in [5.74, 6) is 2.34. The van der Waals surface area contributed by atoms with Gasteiger partial charge in [0.1, 0.15) is 11.2 Å². The van der Waals surface area contributed by atoms with Gasteiger partial charge >= 0.3 is 0 Å². The zero-order valence-corrected chi connectivity index (χ0v) is 25.5. The fraction of sp³-hybridized carbons (Fsp3) is 0.0976. The van der Waals surface area contributed by atoms with E-state index in [1.807, 2.05) is 30.3 Å². The third-order valence-electron chi connectivity index (χ3n) is 8.47. The van der Waals surface area contributed by atoms with Crippen molar-refractivity contribution < 1.29 is 4.42 Å². The first-order valence-electron chi connectivity index (χ1n) is 15.4. The molecule has 0 atom stereocenters. The van der Waals surface area contributed by atoms with E-state index in [9.17, 15) is 0 Å². The van der Waals surface area contributed by atoms with E-state index in [0.717, 1.165) is 44.0 Å². The predicted molar refractivity (Wildman–Crippen MR) is 187 cm³/mol. The van der Waals surface area contributed by atoms with E-state index >= 15 is 0 Å². The monoisotopic (exact) mass is 581 g/mol. The van der Waals surface area contributed by atoms with Gasteiger partial charge in [-0.15, -0.1) is 0 Å². The van der Waals surface area contributed by atoms with Gasteiger partial charge in [-0.25, -0.2) is 15.0 Å². The highest BCUT2D eigenvalue weighted by molar-refractivity contribution is 6.11. The van der Waals surface area contributed by atoms with Crippen molar-refractivity contribution in [2.24, 2.45) is 5.92 Å². The zero-order chi connectivity index (χ0) is 30.5. The second kappa shape index (κ2) is 10.8. The largest absolute Gasteiger partial charge is 0.456 e. The molecule has 0 bridgehead atoms. The Bertz CT molecular complexity index is 2430. The topological polar surface area (TPSA) is 51.8 Å². The van der Waals surface area contributed by atoms with Crippen LogP contribution in [0.15, 0.2) is 126 Å². The minimum atomic E-state index is 0.458. The van der Waals surface area contributed by atoms with Crippen molar-refractivity contribution in [2.45, 2.75) is 20.8 Å². The third kappa shape index (κ3) is 4.85. The molecule has 0 saturated carbocycles. The fourth-order valence-electron chi connectivity index (χ4n) is 6.14. The van der Waals surface area contributed by atoms with Crippen molar-refractivity contribution >= 4 is 49.6 Å². The maximum Gasteiger partial charge on any atom is 0.164 e. The lowest BCUT2D eigenvalue weighted by Crippen LogP contribution is -2.00. The third-order valence-corrected chi connectivity index (χ3v) is 8.47. The van der Waals surface area contributed by atoms with Crippen molar-refractivity contribution in [2.75, 3.05) is 0 Å². The molecular weight excluding hydrogens is 550 g/mol. The van der Waals surface area contributed by atoms with Crippen LogP contribution in [0.25, 0.3) is 83.7 Å². The highest BCUT2D eigenvalue weighted by Gasteiger charge is 2.18. The van der Waals surface area contributed by atoms with E-state index in [2.05, 4.69) is 118 Å². The summed E-state index contributed by atoms with van der Waals surface area (Å²) in [6, 6.07) is 39.8. The lowest BCUT2D eigenvalue weighted by molar-refractivity contribution is 0.669. The number of benzene rings is 6. The molecule has 0 aliphatic rings. The van der Waals surface area contributed by atoms with E-state index in [4.69, 9.17) is 19.4 Å². The minimum absolute atomic E-state index is 0.458. The van der Waals surface area contributed by atoms with E-state index < -0.39 is 0 Å². The summed E-state index contributed by atoms with van der Waals surface area (Å²) in [4.78, 5) is 15.4. The van der Waals surface area contributed by atoms with Crippen LogP contribution in [0.4, 0.5) is 0 Å². The maximum atomic E-state index is 6.23. The highest BCUT2D eigenvalue weighted by atomic mass is 16.3. The van der Waals surface area contributed by atoms with E-state index in [0.29, 0.717) is 23.4 Å². The second-order valence-corrected chi connectivity index (χ2v) is 12.0. The molecule has 0 saturated heterocycles. The van der Waals surface area contributed by atoms with Crippen LogP contribution < -0.4 is 0 Å². The Morgan fingerprint density at radius 1 is 0.578 bits per heavy atom. The maximum absolute atomic E-state index is 6.23. The summed E-state index contributed by atoms with van der Waals surface area (Å²) in [6.45, 7) is 6.57. The lowest BCUT2D eigenvalue weighted by Gasteiger charge is -2.12. The van der Waals surface area contributed by atoms with E-state index in [1.165, 1.54) is 27.3 Å². The molecule has 4 nitrogen and oxygen atoms in total. The average molecular weight is 582 g/mol. The molecule has 2 aromatic heterocycles. The first-order valence-corrected chi connectivity index (χ1v) is 15.4. The molecule has 0 spiro atoms. The molecule has 8 aromatic rings. The molecule has 0 fully saturated rings. The molecule has 0 unspecified atom stereocenters. The zero-order valence-electron chi connectivity index (χ0n) is 25.5. The number of furan rings is 1. The molecule has 0 N–H and O–H groups in total. The number of para-hydroxylation sites is 1.